The highest BCUT2D eigenvalue weighted by Crippen LogP contribution is 2.46. The lowest BCUT2D eigenvalue weighted by Crippen LogP contribution is -2.28. The van der Waals surface area contributed by atoms with Gasteiger partial charge in [0.2, 0.25) is 5.28 Å². The SMILES string of the molecule is CCS(=O)(=O)c1ccc(CNc2nc3cnc(Cl)nc3n(CC3(C)CC3)c2=O)nc1. The zero-order valence-corrected chi connectivity index (χ0v) is 18.2. The number of hydrogen-bond acceptors (Lipinski definition) is 8. The van der Waals surface area contributed by atoms with Gasteiger partial charge in [-0.15, -0.1) is 0 Å². The van der Waals surface area contributed by atoms with E-state index in [9.17, 15) is 13.2 Å². The lowest BCUT2D eigenvalue weighted by molar-refractivity contribution is 0.462. The van der Waals surface area contributed by atoms with Gasteiger partial charge in [0.1, 0.15) is 5.52 Å². The van der Waals surface area contributed by atoms with Gasteiger partial charge < -0.3 is 5.32 Å². The minimum Gasteiger partial charge on any atom is -0.360 e. The second kappa shape index (κ2) is 7.59. The molecule has 1 N–H and O–H groups in total. The van der Waals surface area contributed by atoms with Gasteiger partial charge in [0, 0.05) is 12.7 Å². The highest BCUT2D eigenvalue weighted by molar-refractivity contribution is 7.91. The average molecular weight is 449 g/mol. The highest BCUT2D eigenvalue weighted by Gasteiger charge is 2.38. The molecule has 11 heteroatoms. The second-order valence-corrected chi connectivity index (χ2v) is 10.4. The third-order valence-electron chi connectivity index (χ3n) is 5.27. The molecule has 0 spiro atoms. The molecule has 1 aliphatic carbocycles. The molecule has 0 aromatic carbocycles. The van der Waals surface area contributed by atoms with Crippen LogP contribution in [-0.4, -0.2) is 38.7 Å². The van der Waals surface area contributed by atoms with E-state index in [1.807, 2.05) is 0 Å². The van der Waals surface area contributed by atoms with Crippen LogP contribution in [-0.2, 0) is 22.9 Å². The first-order valence-corrected chi connectivity index (χ1v) is 11.6. The zero-order valence-electron chi connectivity index (χ0n) is 16.6. The largest absolute Gasteiger partial charge is 0.360 e. The smallest absolute Gasteiger partial charge is 0.294 e. The molecule has 0 saturated heterocycles. The van der Waals surface area contributed by atoms with Crippen molar-refractivity contribution in [2.24, 2.45) is 5.41 Å². The van der Waals surface area contributed by atoms with Crippen LogP contribution in [0, 0.1) is 5.41 Å². The van der Waals surface area contributed by atoms with Gasteiger partial charge in [0.15, 0.2) is 21.3 Å². The maximum absolute atomic E-state index is 13.1. The van der Waals surface area contributed by atoms with E-state index in [4.69, 9.17) is 11.6 Å². The zero-order chi connectivity index (χ0) is 21.5. The Labute approximate surface area is 178 Å². The van der Waals surface area contributed by atoms with E-state index in [0.717, 1.165) is 12.8 Å². The van der Waals surface area contributed by atoms with Gasteiger partial charge in [-0.25, -0.2) is 18.4 Å². The fourth-order valence-electron chi connectivity index (χ4n) is 3.07. The summed E-state index contributed by atoms with van der Waals surface area (Å²) in [6, 6.07) is 3.13. The summed E-state index contributed by atoms with van der Waals surface area (Å²) in [5.41, 5.74) is 1.22. The normalized spacial score (nSPS) is 15.3. The minimum absolute atomic E-state index is 0.0117. The second-order valence-electron chi connectivity index (χ2n) is 7.75. The first-order valence-electron chi connectivity index (χ1n) is 9.55. The van der Waals surface area contributed by atoms with Crippen molar-refractivity contribution in [2.45, 2.75) is 44.7 Å². The molecule has 0 radical (unpaired) electrons. The Morgan fingerprint density at radius 2 is 1.97 bits per heavy atom. The topological polar surface area (TPSA) is 120 Å². The summed E-state index contributed by atoms with van der Waals surface area (Å²) in [6.45, 7) is 4.44. The molecule has 1 aliphatic rings. The molecule has 1 saturated carbocycles. The van der Waals surface area contributed by atoms with Crippen LogP contribution < -0.4 is 10.9 Å². The summed E-state index contributed by atoms with van der Waals surface area (Å²) in [5, 5.41) is 3.07. The van der Waals surface area contributed by atoms with E-state index >= 15 is 0 Å². The van der Waals surface area contributed by atoms with Crippen LogP contribution in [0.4, 0.5) is 5.82 Å². The van der Waals surface area contributed by atoms with Gasteiger partial charge in [-0.1, -0.05) is 13.8 Å². The quantitative estimate of drug-likeness (QED) is 0.547. The molecule has 3 heterocycles. The summed E-state index contributed by atoms with van der Waals surface area (Å²) in [5.74, 6) is 0.169. The van der Waals surface area contributed by atoms with Crippen molar-refractivity contribution in [3.8, 4) is 0 Å². The number of aromatic nitrogens is 5. The molecule has 3 aromatic heterocycles. The lowest BCUT2D eigenvalue weighted by atomic mass is 10.1. The number of sulfone groups is 1. The molecule has 1 fully saturated rings. The predicted octanol–water partition coefficient (Wildman–Crippen LogP) is 2.44. The van der Waals surface area contributed by atoms with Crippen LogP contribution in [0.1, 0.15) is 32.4 Å². The third kappa shape index (κ3) is 4.15. The van der Waals surface area contributed by atoms with E-state index in [-0.39, 0.29) is 39.3 Å². The Kier molecular flexibility index (Phi) is 5.23. The predicted molar refractivity (Wildman–Crippen MR) is 113 cm³/mol. The number of nitrogens with one attached hydrogen (secondary N) is 1. The number of halogens is 1. The molecule has 30 heavy (non-hydrogen) atoms. The van der Waals surface area contributed by atoms with Crippen LogP contribution in [0.3, 0.4) is 0 Å². The van der Waals surface area contributed by atoms with Crippen molar-refractivity contribution in [1.29, 1.82) is 0 Å². The van der Waals surface area contributed by atoms with Gasteiger partial charge in [0.25, 0.3) is 5.56 Å². The fraction of sp³-hybridized carbons (Fsp3) is 0.421. The molecule has 0 unspecified atom stereocenters. The molecule has 3 aromatic rings. The van der Waals surface area contributed by atoms with Crippen molar-refractivity contribution in [1.82, 2.24) is 24.5 Å². The van der Waals surface area contributed by atoms with E-state index in [1.54, 1.807) is 17.6 Å². The van der Waals surface area contributed by atoms with Gasteiger partial charge in [0.05, 0.1) is 29.1 Å². The number of fused-ring (bicyclic) bond motifs is 1. The van der Waals surface area contributed by atoms with E-state index in [1.165, 1.54) is 18.5 Å². The van der Waals surface area contributed by atoms with Crippen molar-refractivity contribution in [3.05, 3.63) is 45.9 Å². The number of anilines is 1. The Bertz CT molecular complexity index is 1270. The van der Waals surface area contributed by atoms with Crippen molar-refractivity contribution >= 4 is 38.4 Å². The maximum atomic E-state index is 13.1. The number of hydrogen-bond donors (Lipinski definition) is 1. The van der Waals surface area contributed by atoms with E-state index < -0.39 is 9.84 Å². The highest BCUT2D eigenvalue weighted by atomic mass is 35.5. The summed E-state index contributed by atoms with van der Waals surface area (Å²) < 4.78 is 25.4. The van der Waals surface area contributed by atoms with Crippen LogP contribution in [0.15, 0.2) is 34.2 Å². The Balaban J connectivity index is 1.64. The molecule has 0 bridgehead atoms. The Hall–Kier alpha value is -2.59. The summed E-state index contributed by atoms with van der Waals surface area (Å²) >= 11 is 5.93. The van der Waals surface area contributed by atoms with Crippen molar-refractivity contribution < 1.29 is 8.42 Å². The van der Waals surface area contributed by atoms with Crippen molar-refractivity contribution in [3.63, 3.8) is 0 Å². The molecule has 158 valence electrons. The van der Waals surface area contributed by atoms with Crippen molar-refractivity contribution in [2.75, 3.05) is 11.1 Å². The van der Waals surface area contributed by atoms with Crippen LogP contribution in [0.25, 0.3) is 11.2 Å². The average Bonchev–Trinajstić information content (AvgIpc) is 3.46. The number of rotatable bonds is 7. The van der Waals surface area contributed by atoms with Gasteiger partial charge in [-0.3, -0.25) is 14.3 Å². The van der Waals surface area contributed by atoms with Gasteiger partial charge in [-0.2, -0.15) is 4.98 Å². The van der Waals surface area contributed by atoms with Crippen LogP contribution >= 0.6 is 11.6 Å². The molecule has 0 amide bonds. The number of pyridine rings is 1. The fourth-order valence-corrected chi connectivity index (χ4v) is 4.02. The van der Waals surface area contributed by atoms with Crippen LogP contribution in [0.2, 0.25) is 5.28 Å². The van der Waals surface area contributed by atoms with E-state index in [0.29, 0.717) is 23.4 Å². The first kappa shape index (κ1) is 20.7. The lowest BCUT2D eigenvalue weighted by Gasteiger charge is -2.15. The summed E-state index contributed by atoms with van der Waals surface area (Å²) in [4.78, 5) is 30.0. The molecule has 0 atom stereocenters. The molecule has 0 aliphatic heterocycles. The maximum Gasteiger partial charge on any atom is 0.294 e. The third-order valence-corrected chi connectivity index (χ3v) is 7.18. The Morgan fingerprint density at radius 3 is 2.60 bits per heavy atom. The standard InChI is InChI=1S/C19H21ClN6O3S/c1-3-30(28,29)13-5-4-12(21-9-13)8-22-15-17(27)26(11-19(2)6-7-19)16-14(24-15)10-23-18(20)25-16/h4-5,9-10H,3,6-8,11H2,1-2H3,(H,22,24). The minimum atomic E-state index is -3.31. The van der Waals surface area contributed by atoms with Crippen LogP contribution in [0.5, 0.6) is 0 Å². The number of nitrogens with zero attached hydrogens (tertiary/aromatic N) is 5. The van der Waals surface area contributed by atoms with Gasteiger partial charge in [-0.05, 0) is 42.0 Å². The Morgan fingerprint density at radius 1 is 1.20 bits per heavy atom. The molecular formula is C19H21ClN6O3S. The monoisotopic (exact) mass is 448 g/mol. The first-order chi connectivity index (χ1) is 14.2. The van der Waals surface area contributed by atoms with Gasteiger partial charge >= 0.3 is 0 Å². The molecule has 9 nitrogen and oxygen atoms in total. The summed E-state index contributed by atoms with van der Waals surface area (Å²) in [6.07, 6.45) is 4.90. The van der Waals surface area contributed by atoms with E-state index in [2.05, 4.69) is 32.2 Å². The molecular weight excluding hydrogens is 428 g/mol. The summed E-state index contributed by atoms with van der Waals surface area (Å²) in [7, 11) is -3.31. The molecule has 4 rings (SSSR count).